The third kappa shape index (κ3) is 4.91. The van der Waals surface area contributed by atoms with Crippen LogP contribution in [0.1, 0.15) is 19.3 Å². The smallest absolute Gasteiger partial charge is 0.451 e. The number of rotatable bonds is 5. The van der Waals surface area contributed by atoms with Crippen molar-refractivity contribution in [2.45, 2.75) is 31.1 Å². The lowest BCUT2D eigenvalue weighted by Gasteiger charge is -2.17. The van der Waals surface area contributed by atoms with Crippen LogP contribution < -0.4 is 11.5 Å². The van der Waals surface area contributed by atoms with E-state index in [0.29, 0.717) is 25.8 Å². The fourth-order valence-electron chi connectivity index (χ4n) is 2.50. The Kier molecular flexibility index (Phi) is 9.23. The zero-order chi connectivity index (χ0) is 12.3. The van der Waals surface area contributed by atoms with E-state index in [2.05, 4.69) is 0 Å². The van der Waals surface area contributed by atoms with Crippen molar-refractivity contribution in [3.05, 3.63) is 0 Å². The number of hydrogen-bond acceptors (Lipinski definition) is 5. The van der Waals surface area contributed by atoms with Gasteiger partial charge >= 0.3 is 13.1 Å². The van der Waals surface area contributed by atoms with Gasteiger partial charge in [0.1, 0.15) is 5.54 Å². The maximum absolute atomic E-state index is 11.0. The normalized spacial score (nSPS) is 30.2. The van der Waals surface area contributed by atoms with Crippen LogP contribution in [0.2, 0.25) is 6.32 Å². The van der Waals surface area contributed by atoms with Crippen LogP contribution in [0.15, 0.2) is 0 Å². The van der Waals surface area contributed by atoms with E-state index in [1.165, 1.54) is 0 Å². The predicted molar refractivity (Wildman–Crippen MR) is 73.9 cm³/mol. The number of hydrogen-bond donors (Lipinski definition) is 5. The highest BCUT2D eigenvalue weighted by Gasteiger charge is 2.47. The second-order valence-electron chi connectivity index (χ2n) is 4.68. The molecule has 0 heterocycles. The summed E-state index contributed by atoms with van der Waals surface area (Å²) in [6, 6.07) is 0. The van der Waals surface area contributed by atoms with Gasteiger partial charge in [0.25, 0.3) is 0 Å². The van der Waals surface area contributed by atoms with Gasteiger partial charge in [-0.1, -0.05) is 6.42 Å². The minimum Gasteiger partial charge on any atom is -0.480 e. The molecule has 0 spiro atoms. The summed E-state index contributed by atoms with van der Waals surface area (Å²) in [6.45, 7) is 0.387. The lowest BCUT2D eigenvalue weighted by Crippen LogP contribution is -2.45. The number of carbonyl (C=O) groups is 1. The summed E-state index contributed by atoms with van der Waals surface area (Å²) >= 11 is 0. The molecule has 0 aromatic heterocycles. The first-order valence-corrected chi connectivity index (χ1v) is 5.47. The molecule has 0 saturated heterocycles. The number of halogens is 2. The lowest BCUT2D eigenvalue weighted by atomic mass is 9.78. The summed E-state index contributed by atoms with van der Waals surface area (Å²) in [4.78, 5) is 11.0. The Morgan fingerprint density at radius 2 is 1.78 bits per heavy atom. The quantitative estimate of drug-likeness (QED) is 0.434. The van der Waals surface area contributed by atoms with E-state index in [1.807, 2.05) is 0 Å². The molecule has 1 aliphatic carbocycles. The van der Waals surface area contributed by atoms with Crippen molar-refractivity contribution >= 4 is 37.9 Å². The third-order valence-electron chi connectivity index (χ3n) is 3.44. The largest absolute Gasteiger partial charge is 0.480 e. The molecule has 18 heavy (non-hydrogen) atoms. The molecule has 108 valence electrons. The van der Waals surface area contributed by atoms with Crippen molar-refractivity contribution in [3.8, 4) is 0 Å². The molecular formula is C9H21BCl2N2O4. The standard InChI is InChI=1S/C9H19BN2O4.2ClH/c11-5-7-4-9(12,8(13)14)3-6(7)1-2-10(15)16;;/h6-7,15-16H,1-5,11-12H2,(H,13,14);2*1H/t6-,7+,9+;;/m0../s1. The zero-order valence-electron chi connectivity index (χ0n) is 9.99. The molecule has 0 bridgehead atoms. The van der Waals surface area contributed by atoms with E-state index in [9.17, 15) is 4.79 Å². The number of aliphatic carboxylic acids is 1. The lowest BCUT2D eigenvalue weighted by molar-refractivity contribution is -0.143. The predicted octanol–water partition coefficient (Wildman–Crippen LogP) is -0.540. The number of nitrogens with two attached hydrogens (primary N) is 2. The van der Waals surface area contributed by atoms with E-state index in [4.69, 9.17) is 26.6 Å². The minimum atomic E-state index is -1.35. The average molecular weight is 303 g/mol. The van der Waals surface area contributed by atoms with Crippen LogP contribution in [-0.2, 0) is 4.79 Å². The molecule has 0 unspecified atom stereocenters. The summed E-state index contributed by atoms with van der Waals surface area (Å²) in [5.41, 5.74) is 10.2. The molecule has 0 aromatic rings. The van der Waals surface area contributed by atoms with Crippen molar-refractivity contribution < 1.29 is 19.9 Å². The van der Waals surface area contributed by atoms with Crippen LogP contribution in [0.3, 0.4) is 0 Å². The van der Waals surface area contributed by atoms with E-state index in [-0.39, 0.29) is 43.0 Å². The zero-order valence-corrected chi connectivity index (χ0v) is 11.6. The summed E-state index contributed by atoms with van der Waals surface area (Å²) in [5.74, 6) is -0.884. The highest BCUT2D eigenvalue weighted by molar-refractivity contribution is 6.40. The van der Waals surface area contributed by atoms with Gasteiger partial charge in [-0.3, -0.25) is 4.79 Å². The Morgan fingerprint density at radius 3 is 2.17 bits per heavy atom. The third-order valence-corrected chi connectivity index (χ3v) is 3.44. The first-order valence-electron chi connectivity index (χ1n) is 5.47. The number of carboxylic acids is 1. The molecule has 1 fully saturated rings. The molecule has 1 saturated carbocycles. The van der Waals surface area contributed by atoms with E-state index < -0.39 is 18.6 Å². The van der Waals surface area contributed by atoms with Gasteiger partial charge in [0, 0.05) is 0 Å². The second-order valence-corrected chi connectivity index (χ2v) is 4.68. The van der Waals surface area contributed by atoms with Gasteiger partial charge in [0.2, 0.25) is 0 Å². The monoisotopic (exact) mass is 302 g/mol. The second kappa shape index (κ2) is 8.19. The van der Waals surface area contributed by atoms with Crippen molar-refractivity contribution in [2.24, 2.45) is 23.3 Å². The highest BCUT2D eigenvalue weighted by Crippen LogP contribution is 2.40. The summed E-state index contributed by atoms with van der Waals surface area (Å²) in [7, 11) is -1.35. The molecule has 6 nitrogen and oxygen atoms in total. The molecular weight excluding hydrogens is 282 g/mol. The van der Waals surface area contributed by atoms with Gasteiger partial charge in [0.15, 0.2) is 0 Å². The van der Waals surface area contributed by atoms with Crippen LogP contribution in [-0.4, -0.2) is 40.3 Å². The Bertz CT molecular complexity index is 273. The molecule has 3 atom stereocenters. The van der Waals surface area contributed by atoms with Crippen molar-refractivity contribution in [3.63, 3.8) is 0 Å². The van der Waals surface area contributed by atoms with Crippen LogP contribution >= 0.6 is 24.8 Å². The minimum absolute atomic E-state index is 0. The first-order chi connectivity index (χ1) is 7.39. The molecule has 1 aliphatic rings. The molecule has 0 aromatic carbocycles. The van der Waals surface area contributed by atoms with E-state index >= 15 is 0 Å². The van der Waals surface area contributed by atoms with Crippen LogP contribution in [0, 0.1) is 11.8 Å². The Balaban J connectivity index is 0. The molecule has 1 rings (SSSR count). The average Bonchev–Trinajstić information content (AvgIpc) is 2.53. The fraction of sp³-hybridized carbons (Fsp3) is 0.889. The van der Waals surface area contributed by atoms with Crippen LogP contribution in [0.25, 0.3) is 0 Å². The molecule has 0 radical (unpaired) electrons. The number of carboxylic acid groups (broad SMARTS) is 1. The van der Waals surface area contributed by atoms with Gasteiger partial charge in [-0.05, 0) is 37.5 Å². The summed E-state index contributed by atoms with van der Waals surface area (Å²) < 4.78 is 0. The molecule has 9 heteroatoms. The van der Waals surface area contributed by atoms with Gasteiger partial charge in [-0.25, -0.2) is 0 Å². The van der Waals surface area contributed by atoms with E-state index in [1.54, 1.807) is 0 Å². The van der Waals surface area contributed by atoms with Gasteiger partial charge in [-0.15, -0.1) is 24.8 Å². The fourth-order valence-corrected chi connectivity index (χ4v) is 2.50. The molecule has 7 N–H and O–H groups in total. The maximum atomic E-state index is 11.0. The highest BCUT2D eigenvalue weighted by atomic mass is 35.5. The first kappa shape index (κ1) is 20.3. The van der Waals surface area contributed by atoms with Gasteiger partial charge in [0.05, 0.1) is 0 Å². The topological polar surface area (TPSA) is 130 Å². The Labute approximate surface area is 119 Å². The van der Waals surface area contributed by atoms with Crippen molar-refractivity contribution in [1.29, 1.82) is 0 Å². The Hall–Kier alpha value is -0.0451. The van der Waals surface area contributed by atoms with Gasteiger partial charge in [-0.2, -0.15) is 0 Å². The maximum Gasteiger partial charge on any atom is 0.451 e. The molecule has 0 aliphatic heterocycles. The van der Waals surface area contributed by atoms with Gasteiger partial charge < -0.3 is 26.6 Å². The van der Waals surface area contributed by atoms with Crippen LogP contribution in [0.5, 0.6) is 0 Å². The Morgan fingerprint density at radius 1 is 1.28 bits per heavy atom. The van der Waals surface area contributed by atoms with E-state index in [0.717, 1.165) is 0 Å². The molecule has 0 amide bonds. The summed E-state index contributed by atoms with van der Waals surface area (Å²) in [5, 5.41) is 26.6. The van der Waals surface area contributed by atoms with Crippen molar-refractivity contribution in [1.82, 2.24) is 0 Å². The SMILES string of the molecule is Cl.Cl.NC[C@H]1C[C@@](N)(C(=O)O)C[C@@H]1CCB(O)O. The summed E-state index contributed by atoms with van der Waals surface area (Å²) in [6.07, 6.45) is 1.50. The van der Waals surface area contributed by atoms with Crippen LogP contribution in [0.4, 0.5) is 0 Å². The van der Waals surface area contributed by atoms with Crippen molar-refractivity contribution in [2.75, 3.05) is 6.54 Å².